The summed E-state index contributed by atoms with van der Waals surface area (Å²) in [5, 5.41) is 5.14. The van der Waals surface area contributed by atoms with Crippen LogP contribution in [0.15, 0.2) is 42.5 Å². The van der Waals surface area contributed by atoms with E-state index < -0.39 is 6.04 Å². The number of rotatable bonds is 5. The molecule has 0 aliphatic heterocycles. The van der Waals surface area contributed by atoms with E-state index in [0.717, 1.165) is 22.2 Å². The number of fused-ring (bicyclic) bond motifs is 1. The van der Waals surface area contributed by atoms with Crippen LogP contribution in [0.4, 0.5) is 5.69 Å². The van der Waals surface area contributed by atoms with Crippen molar-refractivity contribution in [3.8, 4) is 0 Å². The maximum atomic E-state index is 11.9. The van der Waals surface area contributed by atoms with Gasteiger partial charge in [-0.1, -0.05) is 30.3 Å². The van der Waals surface area contributed by atoms with Gasteiger partial charge >= 0.3 is 0 Å². The van der Waals surface area contributed by atoms with Crippen LogP contribution in [0.2, 0.25) is 0 Å². The molecule has 100 valence electrons. The predicted octanol–water partition coefficient (Wildman–Crippen LogP) is 2.86. The summed E-state index contributed by atoms with van der Waals surface area (Å²) in [4.78, 5) is 11.9. The minimum atomic E-state index is -0.445. The molecule has 0 aliphatic carbocycles. The molecule has 0 aromatic heterocycles. The summed E-state index contributed by atoms with van der Waals surface area (Å²) in [5.41, 5.74) is 6.63. The topological polar surface area (TPSA) is 55.1 Å². The van der Waals surface area contributed by atoms with Crippen LogP contribution in [0.5, 0.6) is 0 Å². The highest BCUT2D eigenvalue weighted by atomic mass is 32.2. The first kappa shape index (κ1) is 13.9. The molecule has 0 radical (unpaired) electrons. The molecule has 1 amide bonds. The molecule has 4 heteroatoms. The number of benzene rings is 2. The normalized spacial score (nSPS) is 12.3. The van der Waals surface area contributed by atoms with Crippen molar-refractivity contribution in [2.75, 3.05) is 17.3 Å². The zero-order valence-corrected chi connectivity index (χ0v) is 11.7. The second kappa shape index (κ2) is 6.59. The molecule has 3 nitrogen and oxygen atoms in total. The lowest BCUT2D eigenvalue weighted by atomic mass is 10.1. The highest BCUT2D eigenvalue weighted by molar-refractivity contribution is 7.98. The van der Waals surface area contributed by atoms with Crippen molar-refractivity contribution in [2.24, 2.45) is 5.73 Å². The number of amides is 1. The van der Waals surface area contributed by atoms with Crippen LogP contribution in [0.3, 0.4) is 0 Å². The number of carbonyl (C=O) groups excluding carboxylic acids is 1. The van der Waals surface area contributed by atoms with Crippen LogP contribution >= 0.6 is 11.8 Å². The van der Waals surface area contributed by atoms with E-state index in [1.165, 1.54) is 0 Å². The SMILES string of the molecule is CSCC[C@@H](N)C(=O)Nc1ccc2ccccc2c1. The average Bonchev–Trinajstić information content (AvgIpc) is 2.44. The summed E-state index contributed by atoms with van der Waals surface area (Å²) in [6.45, 7) is 0. The first-order valence-electron chi connectivity index (χ1n) is 6.25. The Kier molecular flexibility index (Phi) is 4.82. The van der Waals surface area contributed by atoms with Crippen LogP contribution in [0, 0.1) is 0 Å². The third kappa shape index (κ3) is 3.72. The van der Waals surface area contributed by atoms with Crippen molar-refractivity contribution in [3.05, 3.63) is 42.5 Å². The fourth-order valence-electron chi connectivity index (χ4n) is 1.88. The van der Waals surface area contributed by atoms with Crippen LogP contribution in [0.1, 0.15) is 6.42 Å². The fourth-order valence-corrected chi connectivity index (χ4v) is 2.37. The van der Waals surface area contributed by atoms with Gasteiger partial charge in [0.1, 0.15) is 0 Å². The Hall–Kier alpha value is -1.52. The van der Waals surface area contributed by atoms with Crippen molar-refractivity contribution < 1.29 is 4.79 Å². The molecule has 0 aliphatic rings. The van der Waals surface area contributed by atoms with Gasteiger partial charge in [0.25, 0.3) is 0 Å². The molecule has 0 fully saturated rings. The van der Waals surface area contributed by atoms with E-state index in [4.69, 9.17) is 5.73 Å². The van der Waals surface area contributed by atoms with Crippen LogP contribution < -0.4 is 11.1 Å². The van der Waals surface area contributed by atoms with Crippen LogP contribution in [0.25, 0.3) is 10.8 Å². The summed E-state index contributed by atoms with van der Waals surface area (Å²) >= 11 is 1.70. The number of hydrogen-bond donors (Lipinski definition) is 2. The van der Waals surface area contributed by atoms with Gasteiger partial charge in [0, 0.05) is 5.69 Å². The standard InChI is InChI=1S/C15H18N2OS/c1-19-9-8-14(16)15(18)17-13-7-6-11-4-2-3-5-12(11)10-13/h2-7,10,14H,8-9,16H2,1H3,(H,17,18)/t14-/m1/s1. The Morgan fingerprint density at radius 1 is 1.26 bits per heavy atom. The van der Waals surface area contributed by atoms with Crippen molar-refractivity contribution >= 4 is 34.1 Å². The Morgan fingerprint density at radius 3 is 2.74 bits per heavy atom. The monoisotopic (exact) mass is 274 g/mol. The molecule has 0 unspecified atom stereocenters. The Balaban J connectivity index is 2.06. The van der Waals surface area contributed by atoms with Gasteiger partial charge in [0.15, 0.2) is 0 Å². The fraction of sp³-hybridized carbons (Fsp3) is 0.267. The van der Waals surface area contributed by atoms with Crippen molar-refractivity contribution in [3.63, 3.8) is 0 Å². The second-order valence-corrected chi connectivity index (χ2v) is 5.42. The molecule has 0 spiro atoms. The molecule has 1 atom stereocenters. The van der Waals surface area contributed by atoms with E-state index >= 15 is 0 Å². The zero-order chi connectivity index (χ0) is 13.7. The molecule has 2 rings (SSSR count). The van der Waals surface area contributed by atoms with E-state index in [1.807, 2.05) is 48.7 Å². The number of anilines is 1. The molecule has 2 aromatic rings. The van der Waals surface area contributed by atoms with Gasteiger partial charge in [-0.3, -0.25) is 4.79 Å². The number of nitrogens with two attached hydrogens (primary N) is 1. The molecule has 19 heavy (non-hydrogen) atoms. The van der Waals surface area contributed by atoms with E-state index in [9.17, 15) is 4.79 Å². The van der Waals surface area contributed by atoms with Crippen molar-refractivity contribution in [1.82, 2.24) is 0 Å². The summed E-state index contributed by atoms with van der Waals surface area (Å²) in [6, 6.07) is 13.5. The molecule has 0 bridgehead atoms. The quantitative estimate of drug-likeness (QED) is 0.881. The smallest absolute Gasteiger partial charge is 0.241 e. The van der Waals surface area contributed by atoms with E-state index in [0.29, 0.717) is 6.42 Å². The summed E-state index contributed by atoms with van der Waals surface area (Å²) in [5.74, 6) is 0.774. The number of thioether (sulfide) groups is 1. The maximum Gasteiger partial charge on any atom is 0.241 e. The Morgan fingerprint density at radius 2 is 2.00 bits per heavy atom. The number of nitrogens with one attached hydrogen (secondary N) is 1. The highest BCUT2D eigenvalue weighted by Crippen LogP contribution is 2.19. The highest BCUT2D eigenvalue weighted by Gasteiger charge is 2.12. The molecular formula is C15H18N2OS. The van der Waals surface area contributed by atoms with Gasteiger partial charge in [-0.05, 0) is 41.3 Å². The van der Waals surface area contributed by atoms with E-state index in [-0.39, 0.29) is 5.91 Å². The maximum absolute atomic E-state index is 11.9. The minimum Gasteiger partial charge on any atom is -0.325 e. The first-order chi connectivity index (χ1) is 9.20. The summed E-state index contributed by atoms with van der Waals surface area (Å²) in [7, 11) is 0. The summed E-state index contributed by atoms with van der Waals surface area (Å²) in [6.07, 6.45) is 2.70. The number of carbonyl (C=O) groups is 1. The largest absolute Gasteiger partial charge is 0.325 e. The zero-order valence-electron chi connectivity index (χ0n) is 10.9. The van der Waals surface area contributed by atoms with Gasteiger partial charge in [-0.25, -0.2) is 0 Å². The van der Waals surface area contributed by atoms with Gasteiger partial charge < -0.3 is 11.1 Å². The Bertz CT molecular complexity index is 571. The molecule has 0 saturated heterocycles. The lowest BCUT2D eigenvalue weighted by Crippen LogP contribution is -2.36. The molecule has 3 N–H and O–H groups in total. The molecular weight excluding hydrogens is 256 g/mol. The number of hydrogen-bond acceptors (Lipinski definition) is 3. The third-order valence-corrected chi connectivity index (χ3v) is 3.63. The summed E-state index contributed by atoms with van der Waals surface area (Å²) < 4.78 is 0. The second-order valence-electron chi connectivity index (χ2n) is 4.44. The lowest BCUT2D eigenvalue weighted by molar-refractivity contribution is -0.117. The van der Waals surface area contributed by atoms with Crippen molar-refractivity contribution in [1.29, 1.82) is 0 Å². The molecule has 0 saturated carbocycles. The average molecular weight is 274 g/mol. The van der Waals surface area contributed by atoms with E-state index in [2.05, 4.69) is 5.32 Å². The molecule has 2 aromatic carbocycles. The van der Waals surface area contributed by atoms with Crippen molar-refractivity contribution in [2.45, 2.75) is 12.5 Å². The van der Waals surface area contributed by atoms with E-state index in [1.54, 1.807) is 11.8 Å². The van der Waals surface area contributed by atoms with Gasteiger partial charge in [0.2, 0.25) is 5.91 Å². The van der Waals surface area contributed by atoms with Gasteiger partial charge in [0.05, 0.1) is 6.04 Å². The molecule has 0 heterocycles. The minimum absolute atomic E-state index is 0.121. The lowest BCUT2D eigenvalue weighted by Gasteiger charge is -2.12. The Labute approximate surface area is 117 Å². The van der Waals surface area contributed by atoms with Gasteiger partial charge in [-0.2, -0.15) is 11.8 Å². The first-order valence-corrected chi connectivity index (χ1v) is 7.64. The van der Waals surface area contributed by atoms with Crippen LogP contribution in [-0.4, -0.2) is 24.0 Å². The third-order valence-electron chi connectivity index (χ3n) is 2.99. The van der Waals surface area contributed by atoms with Gasteiger partial charge in [-0.15, -0.1) is 0 Å². The predicted molar refractivity (Wildman–Crippen MR) is 83.6 cm³/mol. The van der Waals surface area contributed by atoms with Crippen LogP contribution in [-0.2, 0) is 4.79 Å².